The Morgan fingerprint density at radius 3 is 2.45 bits per heavy atom. The highest BCUT2D eigenvalue weighted by atomic mass is 19.1. The van der Waals surface area contributed by atoms with Gasteiger partial charge in [0.05, 0.1) is 5.56 Å². The molecule has 1 atom stereocenters. The molecule has 0 N–H and O–H groups in total. The summed E-state index contributed by atoms with van der Waals surface area (Å²) in [5.74, 6) is 0.978. The van der Waals surface area contributed by atoms with Crippen molar-refractivity contribution in [2.45, 2.75) is 78.8 Å². The molecule has 0 radical (unpaired) electrons. The van der Waals surface area contributed by atoms with Crippen LogP contribution in [0.25, 0.3) is 0 Å². The van der Waals surface area contributed by atoms with Gasteiger partial charge in [-0.25, -0.2) is 9.37 Å². The molecule has 47 heavy (non-hydrogen) atoms. The molecule has 0 aliphatic carbocycles. The summed E-state index contributed by atoms with van der Waals surface area (Å²) in [6.45, 7) is 16.6. The lowest BCUT2D eigenvalue weighted by atomic mass is 9.76. The number of anilines is 1. The summed E-state index contributed by atoms with van der Waals surface area (Å²) >= 11 is 0. The monoisotopic (exact) mass is 654 g/mol. The van der Waals surface area contributed by atoms with Crippen molar-refractivity contribution in [3.63, 3.8) is 0 Å². The van der Waals surface area contributed by atoms with Crippen LogP contribution in [0, 0.1) is 17.2 Å². The highest BCUT2D eigenvalue weighted by molar-refractivity contribution is 5.97. The highest BCUT2D eigenvalue weighted by Crippen LogP contribution is 2.44. The van der Waals surface area contributed by atoms with Crippen molar-refractivity contribution in [3.05, 3.63) is 35.9 Å². The quantitative estimate of drug-likeness (QED) is 0.253. The van der Waals surface area contributed by atoms with E-state index in [0.29, 0.717) is 30.7 Å². The number of ether oxygens (including phenoxy) is 1. The fourth-order valence-electron chi connectivity index (χ4n) is 7.07. The first-order valence-electron chi connectivity index (χ1n) is 17.2. The van der Waals surface area contributed by atoms with Crippen LogP contribution in [-0.2, 0) is 4.79 Å². The second-order valence-electron chi connectivity index (χ2n) is 14.2. The Kier molecular flexibility index (Phi) is 12.5. The average molecular weight is 655 g/mol. The number of carbonyl (C=O) groups is 2. The molecule has 2 aliphatic heterocycles. The molecule has 0 saturated carbocycles. The lowest BCUT2D eigenvalue weighted by Gasteiger charge is -2.53. The summed E-state index contributed by atoms with van der Waals surface area (Å²) in [5, 5.41) is 8.22. The molecule has 1 aromatic carbocycles. The van der Waals surface area contributed by atoms with Crippen molar-refractivity contribution < 1.29 is 18.7 Å². The van der Waals surface area contributed by atoms with Crippen molar-refractivity contribution in [2.24, 2.45) is 11.3 Å². The Balaban J connectivity index is 1.35. The van der Waals surface area contributed by atoms with Crippen molar-refractivity contribution in [1.29, 1.82) is 0 Å². The predicted octanol–water partition coefficient (Wildman–Crippen LogP) is 4.79. The Morgan fingerprint density at radius 1 is 1.06 bits per heavy atom. The Bertz CT molecular complexity index is 1350. The molecular formula is C35H55FN8O3. The van der Waals surface area contributed by atoms with Crippen LogP contribution in [0.15, 0.2) is 24.5 Å². The maximum Gasteiger partial charge on any atom is 0.282 e. The van der Waals surface area contributed by atoms with E-state index in [1.54, 1.807) is 9.80 Å². The first-order valence-corrected chi connectivity index (χ1v) is 17.2. The van der Waals surface area contributed by atoms with Crippen LogP contribution in [0.3, 0.4) is 0 Å². The first kappa shape index (κ1) is 36.5. The standard InChI is InChI=1S/C35H55FN8O3/c1-9-44(26(4)5)34(46)28-20-27(36)14-15-30(28)47-33-32(37-24-38-39-33)42-19-16-35(21-42)22-43(23-35)29(25(2)3)12-10-17-41(8)18-11-13-31(45)40(6)7/h14-15,20,24-26,29H,9-13,16-19,21-23H2,1-8H3. The molecule has 2 aliphatic rings. The molecule has 1 spiro atoms. The number of hydrogen-bond donors (Lipinski definition) is 0. The summed E-state index contributed by atoms with van der Waals surface area (Å²) in [6.07, 6.45) is 6.23. The van der Waals surface area contributed by atoms with E-state index in [9.17, 15) is 14.0 Å². The minimum absolute atomic E-state index is 0.0482. The lowest BCUT2D eigenvalue weighted by molar-refractivity contribution is -0.128. The van der Waals surface area contributed by atoms with Crippen molar-refractivity contribution >= 4 is 17.6 Å². The molecule has 2 amide bonds. The van der Waals surface area contributed by atoms with E-state index in [1.165, 1.54) is 24.5 Å². The van der Waals surface area contributed by atoms with E-state index in [2.05, 4.69) is 50.8 Å². The Hall–Kier alpha value is -3.38. The van der Waals surface area contributed by atoms with E-state index >= 15 is 0 Å². The number of aromatic nitrogens is 3. The maximum atomic E-state index is 14.3. The molecule has 2 fully saturated rings. The van der Waals surface area contributed by atoms with Crippen LogP contribution in [-0.4, -0.2) is 126 Å². The Labute approximate surface area is 280 Å². The fraction of sp³-hybridized carbons (Fsp3) is 0.686. The molecule has 3 heterocycles. The topological polar surface area (TPSA) is 98.2 Å². The molecular weight excluding hydrogens is 599 g/mol. The number of rotatable bonds is 16. The van der Waals surface area contributed by atoms with Crippen LogP contribution in [0.1, 0.15) is 77.1 Å². The van der Waals surface area contributed by atoms with Gasteiger partial charge < -0.3 is 24.3 Å². The third kappa shape index (κ3) is 9.16. The highest BCUT2D eigenvalue weighted by Gasteiger charge is 2.50. The van der Waals surface area contributed by atoms with Crippen LogP contribution >= 0.6 is 0 Å². The Morgan fingerprint density at radius 2 is 1.79 bits per heavy atom. The van der Waals surface area contributed by atoms with E-state index in [0.717, 1.165) is 65.0 Å². The van der Waals surface area contributed by atoms with Gasteiger partial charge in [-0.2, -0.15) is 0 Å². The predicted molar refractivity (Wildman–Crippen MR) is 182 cm³/mol. The smallest absolute Gasteiger partial charge is 0.282 e. The number of likely N-dealkylation sites (tertiary alicyclic amines) is 1. The van der Waals surface area contributed by atoms with Gasteiger partial charge in [0.2, 0.25) is 5.91 Å². The molecule has 11 nitrogen and oxygen atoms in total. The van der Waals surface area contributed by atoms with Gasteiger partial charge in [-0.1, -0.05) is 13.8 Å². The number of benzene rings is 1. The zero-order valence-corrected chi connectivity index (χ0v) is 29.7. The van der Waals surface area contributed by atoms with Crippen molar-refractivity contribution in [3.8, 4) is 11.6 Å². The van der Waals surface area contributed by atoms with Crippen LogP contribution in [0.2, 0.25) is 0 Å². The third-order valence-electron chi connectivity index (χ3n) is 9.70. The summed E-state index contributed by atoms with van der Waals surface area (Å²) < 4.78 is 20.5. The van der Waals surface area contributed by atoms with E-state index in [-0.39, 0.29) is 40.5 Å². The molecule has 2 aromatic rings. The number of nitrogens with zero attached hydrogens (tertiary/aromatic N) is 8. The van der Waals surface area contributed by atoms with Crippen LogP contribution in [0.5, 0.6) is 11.6 Å². The molecule has 1 unspecified atom stereocenters. The normalized spacial score (nSPS) is 16.6. The largest absolute Gasteiger partial charge is 0.434 e. The van der Waals surface area contributed by atoms with Gasteiger partial charge in [-0.3, -0.25) is 14.5 Å². The van der Waals surface area contributed by atoms with Gasteiger partial charge >= 0.3 is 0 Å². The van der Waals surface area contributed by atoms with E-state index in [4.69, 9.17) is 4.74 Å². The van der Waals surface area contributed by atoms with Crippen LogP contribution in [0.4, 0.5) is 10.2 Å². The fourth-order valence-corrected chi connectivity index (χ4v) is 7.07. The van der Waals surface area contributed by atoms with E-state index in [1.807, 2.05) is 34.9 Å². The third-order valence-corrected chi connectivity index (χ3v) is 9.70. The minimum atomic E-state index is -0.506. The van der Waals surface area contributed by atoms with Gasteiger partial charge in [0.25, 0.3) is 11.8 Å². The molecule has 2 saturated heterocycles. The van der Waals surface area contributed by atoms with Crippen LogP contribution < -0.4 is 9.64 Å². The van der Waals surface area contributed by atoms with Crippen molar-refractivity contribution in [1.82, 2.24) is 34.8 Å². The first-order chi connectivity index (χ1) is 22.3. The van der Waals surface area contributed by atoms with E-state index < -0.39 is 5.82 Å². The number of halogens is 1. The molecule has 4 rings (SSSR count). The van der Waals surface area contributed by atoms with Gasteiger partial charge in [0.1, 0.15) is 17.9 Å². The van der Waals surface area contributed by atoms with Crippen molar-refractivity contribution in [2.75, 3.05) is 71.9 Å². The average Bonchev–Trinajstić information content (AvgIpc) is 3.45. The van der Waals surface area contributed by atoms with Gasteiger partial charge in [0, 0.05) is 70.7 Å². The molecule has 260 valence electrons. The summed E-state index contributed by atoms with van der Waals surface area (Å²) in [7, 11) is 5.77. The second-order valence-corrected chi connectivity index (χ2v) is 14.2. The summed E-state index contributed by atoms with van der Waals surface area (Å²) in [6, 6.07) is 4.46. The SMILES string of the molecule is CCN(C(=O)c1cc(F)ccc1Oc1nncnc1N1CCC2(C1)CN(C(CCCN(C)CCCC(=O)N(C)C)C(C)C)C2)C(C)C. The molecule has 1 aromatic heterocycles. The zero-order chi connectivity index (χ0) is 34.3. The van der Waals surface area contributed by atoms with Gasteiger partial charge in [-0.05, 0) is 90.7 Å². The molecule has 12 heteroatoms. The summed E-state index contributed by atoms with van der Waals surface area (Å²) in [5.41, 5.74) is 0.330. The number of hydrogen-bond acceptors (Lipinski definition) is 9. The summed E-state index contributed by atoms with van der Waals surface area (Å²) in [4.78, 5) is 40.3. The number of carbonyl (C=O) groups excluding carboxylic acids is 2. The zero-order valence-electron chi connectivity index (χ0n) is 29.7. The maximum absolute atomic E-state index is 14.3. The van der Waals surface area contributed by atoms with Gasteiger partial charge in [-0.15, -0.1) is 10.2 Å². The second kappa shape index (κ2) is 16.1. The van der Waals surface area contributed by atoms with Gasteiger partial charge in [0.15, 0.2) is 5.82 Å². The molecule has 0 bridgehead atoms. The minimum Gasteiger partial charge on any atom is -0.434 e. The lowest BCUT2D eigenvalue weighted by Crippen LogP contribution is -2.62. The number of amides is 2.